The molecule has 10 nitrogen and oxygen atoms in total. The normalized spacial score (nSPS) is 18.8. The molecule has 1 fully saturated rings. The number of aromatic nitrogens is 6. The number of hydrogen-bond donors (Lipinski definition) is 2. The van der Waals surface area contributed by atoms with E-state index in [1.165, 1.54) is 22.4 Å². The molecule has 3 N–H and O–H groups in total. The average Bonchev–Trinajstić information content (AvgIpc) is 3.58. The van der Waals surface area contributed by atoms with E-state index in [-0.39, 0.29) is 27.9 Å². The van der Waals surface area contributed by atoms with Crippen LogP contribution in [0.2, 0.25) is 5.02 Å². The summed E-state index contributed by atoms with van der Waals surface area (Å²) in [5.41, 5.74) is 7.88. The van der Waals surface area contributed by atoms with Crippen molar-refractivity contribution in [3.63, 3.8) is 0 Å². The number of nitrogens with two attached hydrogens (primary N) is 1. The quantitative estimate of drug-likeness (QED) is 0.383. The van der Waals surface area contributed by atoms with Gasteiger partial charge in [-0.15, -0.1) is 0 Å². The Morgan fingerprint density at radius 2 is 2.00 bits per heavy atom. The van der Waals surface area contributed by atoms with Crippen molar-refractivity contribution in [2.24, 2.45) is 11.1 Å². The summed E-state index contributed by atoms with van der Waals surface area (Å²) in [7, 11) is 0. The van der Waals surface area contributed by atoms with Crippen molar-refractivity contribution in [3.8, 4) is 0 Å². The zero-order valence-corrected chi connectivity index (χ0v) is 21.3. The van der Waals surface area contributed by atoms with Gasteiger partial charge >= 0.3 is 12.1 Å². The first-order valence-corrected chi connectivity index (χ1v) is 12.9. The van der Waals surface area contributed by atoms with E-state index >= 15 is 0 Å². The third kappa shape index (κ3) is 4.35. The second kappa shape index (κ2) is 9.13. The van der Waals surface area contributed by atoms with Gasteiger partial charge in [0.15, 0.2) is 11.5 Å². The number of hydrogen-bond acceptors (Lipinski definition) is 8. The van der Waals surface area contributed by atoms with Gasteiger partial charge < -0.3 is 20.4 Å². The fraction of sp³-hybridized carbons (Fsp3) is 0.348. The first-order valence-electron chi connectivity index (χ1n) is 11.7. The molecule has 0 aliphatic carbocycles. The van der Waals surface area contributed by atoms with Gasteiger partial charge in [0, 0.05) is 42.3 Å². The molecule has 198 valence electrons. The second-order valence-electron chi connectivity index (χ2n) is 9.36. The third-order valence-corrected chi connectivity index (χ3v) is 8.60. The molecule has 0 radical (unpaired) electrons. The van der Waals surface area contributed by atoms with Crippen LogP contribution in [0.3, 0.4) is 0 Å². The van der Waals surface area contributed by atoms with Crippen molar-refractivity contribution in [1.82, 2.24) is 29.1 Å². The van der Waals surface area contributed by atoms with E-state index in [1.54, 1.807) is 36.2 Å². The van der Waals surface area contributed by atoms with Crippen molar-refractivity contribution >= 4 is 46.6 Å². The lowest BCUT2D eigenvalue weighted by Crippen LogP contribution is -2.45. The van der Waals surface area contributed by atoms with Crippen LogP contribution in [0.4, 0.5) is 24.8 Å². The van der Waals surface area contributed by atoms with Gasteiger partial charge in [0.2, 0.25) is 0 Å². The van der Waals surface area contributed by atoms with Crippen molar-refractivity contribution in [3.05, 3.63) is 53.8 Å². The van der Waals surface area contributed by atoms with Crippen molar-refractivity contribution in [1.29, 1.82) is 0 Å². The fourth-order valence-electron chi connectivity index (χ4n) is 5.07. The maximum absolute atomic E-state index is 12.5. The van der Waals surface area contributed by atoms with Crippen LogP contribution in [-0.2, 0) is 11.3 Å². The summed E-state index contributed by atoms with van der Waals surface area (Å²) in [4.78, 5) is 27.1. The summed E-state index contributed by atoms with van der Waals surface area (Å²) >= 11 is 7.72. The molecule has 0 aromatic carbocycles. The SMILES string of the molecule is N[C@@H]1c2ccnn2CC12CCN(c1cnc(Sc3ccn4cc(NC(=O)C(F)(F)F)nc4c3Cl)cn1)CC2. The summed E-state index contributed by atoms with van der Waals surface area (Å²) in [6.45, 7) is 2.47. The Morgan fingerprint density at radius 1 is 1.21 bits per heavy atom. The highest BCUT2D eigenvalue weighted by Gasteiger charge is 2.47. The minimum Gasteiger partial charge on any atom is -0.355 e. The number of alkyl halides is 3. The third-order valence-electron chi connectivity index (χ3n) is 7.14. The van der Waals surface area contributed by atoms with Crippen LogP contribution < -0.4 is 16.0 Å². The van der Waals surface area contributed by atoms with E-state index in [9.17, 15) is 18.0 Å². The number of fused-ring (bicyclic) bond motifs is 2. The van der Waals surface area contributed by atoms with Crippen LogP contribution in [0.1, 0.15) is 24.6 Å². The first kappa shape index (κ1) is 24.9. The van der Waals surface area contributed by atoms with E-state index in [2.05, 4.69) is 25.0 Å². The Hall–Kier alpha value is -3.36. The Balaban J connectivity index is 1.12. The maximum atomic E-state index is 12.5. The Kier molecular flexibility index (Phi) is 6.00. The Labute approximate surface area is 223 Å². The highest BCUT2D eigenvalue weighted by atomic mass is 35.5. The monoisotopic (exact) mass is 563 g/mol. The number of carbonyl (C=O) groups is 1. The highest BCUT2D eigenvalue weighted by Crippen LogP contribution is 2.48. The predicted octanol–water partition coefficient (Wildman–Crippen LogP) is 3.93. The number of pyridine rings is 1. The number of piperidine rings is 1. The van der Waals surface area contributed by atoms with Crippen molar-refractivity contribution in [2.75, 3.05) is 23.3 Å². The van der Waals surface area contributed by atoms with Gasteiger partial charge in [0.25, 0.3) is 0 Å². The van der Waals surface area contributed by atoms with Gasteiger partial charge in [-0.3, -0.25) is 9.48 Å². The van der Waals surface area contributed by atoms with Crippen LogP contribution >= 0.6 is 23.4 Å². The number of rotatable bonds is 4. The number of nitrogens with one attached hydrogen (secondary N) is 1. The summed E-state index contributed by atoms with van der Waals surface area (Å²) < 4.78 is 41.1. The van der Waals surface area contributed by atoms with E-state index in [0.29, 0.717) is 9.92 Å². The molecule has 0 bridgehead atoms. The van der Waals surface area contributed by atoms with Gasteiger partial charge in [-0.05, 0) is 25.0 Å². The van der Waals surface area contributed by atoms with Gasteiger partial charge in [0.1, 0.15) is 10.8 Å². The lowest BCUT2D eigenvalue weighted by Gasteiger charge is -2.41. The zero-order chi connectivity index (χ0) is 26.7. The maximum Gasteiger partial charge on any atom is 0.471 e. The summed E-state index contributed by atoms with van der Waals surface area (Å²) in [5.74, 6) is -1.59. The Morgan fingerprint density at radius 3 is 2.68 bits per heavy atom. The van der Waals surface area contributed by atoms with Gasteiger partial charge in [-0.25, -0.2) is 15.0 Å². The average molecular weight is 564 g/mol. The fourth-order valence-corrected chi connectivity index (χ4v) is 6.13. The molecule has 1 atom stereocenters. The van der Waals surface area contributed by atoms with Crippen molar-refractivity contribution < 1.29 is 18.0 Å². The van der Waals surface area contributed by atoms with E-state index in [1.807, 2.05) is 10.7 Å². The number of carbonyl (C=O) groups excluding carboxylic acids is 1. The molecule has 15 heteroatoms. The molecular formula is C23H21ClF3N9OS. The smallest absolute Gasteiger partial charge is 0.355 e. The molecule has 0 saturated carbocycles. The topological polar surface area (TPSA) is 119 Å². The van der Waals surface area contributed by atoms with Crippen LogP contribution in [0, 0.1) is 5.41 Å². The minimum atomic E-state index is -5.02. The van der Waals surface area contributed by atoms with E-state index < -0.39 is 12.1 Å². The highest BCUT2D eigenvalue weighted by molar-refractivity contribution is 7.99. The van der Waals surface area contributed by atoms with Gasteiger partial charge in [0.05, 0.1) is 35.3 Å². The Bertz CT molecular complexity index is 1510. The molecule has 0 unspecified atom stereocenters. The van der Waals surface area contributed by atoms with Crippen molar-refractivity contribution in [2.45, 2.75) is 41.5 Å². The lowest BCUT2D eigenvalue weighted by atomic mass is 9.73. The number of amides is 1. The molecule has 1 spiro atoms. The van der Waals surface area contributed by atoms with Crippen LogP contribution in [-0.4, -0.2) is 54.3 Å². The van der Waals surface area contributed by atoms with Gasteiger partial charge in [-0.1, -0.05) is 23.4 Å². The number of halogens is 4. The lowest BCUT2D eigenvalue weighted by molar-refractivity contribution is -0.167. The molecule has 1 saturated heterocycles. The van der Waals surface area contributed by atoms with Crippen LogP contribution in [0.15, 0.2) is 53.0 Å². The first-order chi connectivity index (χ1) is 18.1. The molecule has 1 amide bonds. The number of imidazole rings is 1. The molecule has 4 aromatic heterocycles. The molecule has 2 aliphatic heterocycles. The van der Waals surface area contributed by atoms with Gasteiger partial charge in [-0.2, -0.15) is 18.3 Å². The molecule has 38 heavy (non-hydrogen) atoms. The predicted molar refractivity (Wildman–Crippen MR) is 134 cm³/mol. The van der Waals surface area contributed by atoms with E-state index in [0.717, 1.165) is 44.0 Å². The minimum absolute atomic E-state index is 0.0149. The summed E-state index contributed by atoms with van der Waals surface area (Å²) in [6, 6.07) is 3.66. The van der Waals surface area contributed by atoms with Crippen LogP contribution in [0.25, 0.3) is 5.65 Å². The number of nitrogens with zero attached hydrogens (tertiary/aromatic N) is 7. The summed E-state index contributed by atoms with van der Waals surface area (Å²) in [6.07, 6.45) is 4.85. The standard InChI is InChI=1S/C23H21ClF3N9OS/c24-18-14(2-6-35-11-15(32-20(18)35)33-21(37)23(25,26)27)38-17-10-29-16(9-30-17)34-7-3-22(4-8-34)12-36-13(19(22)28)1-5-31-36/h1-2,5-6,9-11,19H,3-4,7-8,12,28H2,(H,33,37)/t19-/m1/s1. The molecule has 4 aromatic rings. The van der Waals surface area contributed by atoms with Crippen LogP contribution in [0.5, 0.6) is 0 Å². The molecule has 6 rings (SSSR count). The largest absolute Gasteiger partial charge is 0.471 e. The zero-order valence-electron chi connectivity index (χ0n) is 19.7. The molecular weight excluding hydrogens is 543 g/mol. The second-order valence-corrected chi connectivity index (χ2v) is 10.8. The molecule has 2 aliphatic rings. The number of anilines is 2. The molecule has 6 heterocycles. The van der Waals surface area contributed by atoms with E-state index in [4.69, 9.17) is 17.3 Å². The summed E-state index contributed by atoms with van der Waals surface area (Å²) in [5, 5.41) is 6.92.